The van der Waals surface area contributed by atoms with E-state index in [-0.39, 0.29) is 12.5 Å². The lowest BCUT2D eigenvalue weighted by Gasteiger charge is -2.14. The van der Waals surface area contributed by atoms with Crippen molar-refractivity contribution in [2.45, 2.75) is 12.8 Å². The lowest BCUT2D eigenvalue weighted by Crippen LogP contribution is -2.30. The van der Waals surface area contributed by atoms with Gasteiger partial charge in [0, 0.05) is 18.4 Å². The smallest absolute Gasteiger partial charge is 0.236 e. The van der Waals surface area contributed by atoms with Crippen LogP contribution < -0.4 is 16.4 Å². The maximum absolute atomic E-state index is 10.4. The number of carbonyl (C=O) groups excluding carboxylic acids is 1. The van der Waals surface area contributed by atoms with Crippen molar-refractivity contribution in [2.24, 2.45) is 5.73 Å². The van der Waals surface area contributed by atoms with Crippen molar-refractivity contribution in [1.82, 2.24) is 10.6 Å². The number of carbonyl (C=O) groups is 1. The predicted octanol–water partition coefficient (Wildman–Crippen LogP) is -0.714. The normalized spacial score (nSPS) is 16.5. The third-order valence-corrected chi connectivity index (χ3v) is 1.53. The van der Waals surface area contributed by atoms with E-state index in [0.29, 0.717) is 0 Å². The van der Waals surface area contributed by atoms with Gasteiger partial charge in [0.25, 0.3) is 0 Å². The molecule has 0 aromatic heterocycles. The highest BCUT2D eigenvalue weighted by atomic mass is 16.1. The van der Waals surface area contributed by atoms with Crippen LogP contribution >= 0.6 is 0 Å². The maximum Gasteiger partial charge on any atom is 0.236 e. The van der Waals surface area contributed by atoms with E-state index in [1.807, 2.05) is 6.20 Å². The van der Waals surface area contributed by atoms with Gasteiger partial charge >= 0.3 is 0 Å². The Morgan fingerprint density at radius 3 is 3.18 bits per heavy atom. The molecule has 0 spiro atoms. The third-order valence-electron chi connectivity index (χ3n) is 1.53. The van der Waals surface area contributed by atoms with E-state index >= 15 is 0 Å². The highest BCUT2D eigenvalue weighted by molar-refractivity contribution is 5.76. The zero-order valence-electron chi connectivity index (χ0n) is 6.39. The Balaban J connectivity index is 2.24. The molecule has 62 valence electrons. The van der Waals surface area contributed by atoms with Crippen molar-refractivity contribution in [3.8, 4) is 0 Å². The number of amides is 1. The minimum Gasteiger partial charge on any atom is -0.389 e. The minimum atomic E-state index is -0.323. The number of nitrogens with one attached hydrogen (secondary N) is 2. The predicted molar refractivity (Wildman–Crippen MR) is 42.5 cm³/mol. The molecule has 1 aliphatic rings. The van der Waals surface area contributed by atoms with Crippen LogP contribution in [0.2, 0.25) is 0 Å². The molecular weight excluding hydrogens is 142 g/mol. The minimum absolute atomic E-state index is 0.230. The zero-order chi connectivity index (χ0) is 8.10. The van der Waals surface area contributed by atoms with Gasteiger partial charge in [-0.05, 0) is 12.8 Å². The van der Waals surface area contributed by atoms with Gasteiger partial charge in [0.1, 0.15) is 0 Å². The van der Waals surface area contributed by atoms with E-state index in [1.54, 1.807) is 0 Å². The van der Waals surface area contributed by atoms with Crippen LogP contribution in [0, 0.1) is 0 Å². The fourth-order valence-electron chi connectivity index (χ4n) is 0.989. The van der Waals surface area contributed by atoms with Gasteiger partial charge in [-0.2, -0.15) is 0 Å². The highest BCUT2D eigenvalue weighted by Gasteiger charge is 2.02. The van der Waals surface area contributed by atoms with Crippen LogP contribution in [0.3, 0.4) is 0 Å². The second-order valence-corrected chi connectivity index (χ2v) is 2.55. The van der Waals surface area contributed by atoms with Gasteiger partial charge in [-0.15, -0.1) is 0 Å². The fourth-order valence-corrected chi connectivity index (χ4v) is 0.989. The number of hydrogen-bond donors (Lipinski definition) is 3. The van der Waals surface area contributed by atoms with Gasteiger partial charge in [0.15, 0.2) is 0 Å². The van der Waals surface area contributed by atoms with E-state index in [9.17, 15) is 4.79 Å². The Hall–Kier alpha value is -1.19. The summed E-state index contributed by atoms with van der Waals surface area (Å²) in [5.41, 5.74) is 6.03. The molecule has 4 heteroatoms. The molecule has 4 N–H and O–H groups in total. The van der Waals surface area contributed by atoms with E-state index in [2.05, 4.69) is 10.6 Å². The summed E-state index contributed by atoms with van der Waals surface area (Å²) in [6.07, 6.45) is 4.00. The number of allylic oxidation sites excluding steroid dienone is 1. The molecule has 11 heavy (non-hydrogen) atoms. The van der Waals surface area contributed by atoms with Crippen LogP contribution in [-0.2, 0) is 4.79 Å². The van der Waals surface area contributed by atoms with Crippen molar-refractivity contribution >= 4 is 5.91 Å². The molecule has 0 aliphatic carbocycles. The van der Waals surface area contributed by atoms with Crippen LogP contribution in [0.1, 0.15) is 12.8 Å². The molecule has 0 fully saturated rings. The van der Waals surface area contributed by atoms with Crippen molar-refractivity contribution < 1.29 is 4.79 Å². The number of primary amides is 1. The van der Waals surface area contributed by atoms with E-state index < -0.39 is 0 Å². The molecule has 0 aromatic rings. The molecule has 0 saturated carbocycles. The van der Waals surface area contributed by atoms with Gasteiger partial charge in [-0.1, -0.05) is 0 Å². The molecule has 1 amide bonds. The van der Waals surface area contributed by atoms with Gasteiger partial charge in [-0.3, -0.25) is 4.79 Å². The topological polar surface area (TPSA) is 67.2 Å². The first-order valence-corrected chi connectivity index (χ1v) is 3.73. The average Bonchev–Trinajstić information content (AvgIpc) is 2.03. The standard InChI is InChI=1S/C7H13N3O/c8-7(11)5-10-6-2-1-3-9-4-6/h4,9-10H,1-3,5H2,(H2,8,11). The second-order valence-electron chi connectivity index (χ2n) is 2.55. The Morgan fingerprint density at radius 2 is 2.64 bits per heavy atom. The average molecular weight is 155 g/mol. The van der Waals surface area contributed by atoms with E-state index in [1.165, 1.54) is 0 Å². The molecule has 1 heterocycles. The number of rotatable bonds is 3. The molecule has 0 bridgehead atoms. The van der Waals surface area contributed by atoms with Crippen LogP contribution in [0.4, 0.5) is 0 Å². The van der Waals surface area contributed by atoms with Crippen molar-refractivity contribution in [1.29, 1.82) is 0 Å². The van der Waals surface area contributed by atoms with Gasteiger partial charge in [0.05, 0.1) is 6.54 Å². The summed E-state index contributed by atoms with van der Waals surface area (Å²) in [5.74, 6) is -0.323. The molecule has 0 atom stereocenters. The summed E-state index contributed by atoms with van der Waals surface area (Å²) >= 11 is 0. The SMILES string of the molecule is NC(=O)CNC1=CNCCC1. The Bertz CT molecular complexity index is 177. The quantitative estimate of drug-likeness (QED) is 0.504. The van der Waals surface area contributed by atoms with Crippen LogP contribution in [-0.4, -0.2) is 19.0 Å². The van der Waals surface area contributed by atoms with E-state index in [4.69, 9.17) is 5.73 Å². The Labute approximate surface area is 65.8 Å². The summed E-state index contributed by atoms with van der Waals surface area (Å²) in [6, 6.07) is 0. The molecule has 0 saturated heterocycles. The first kappa shape index (κ1) is 7.91. The largest absolute Gasteiger partial charge is 0.389 e. The van der Waals surface area contributed by atoms with Crippen LogP contribution in [0.25, 0.3) is 0 Å². The summed E-state index contributed by atoms with van der Waals surface area (Å²) in [5, 5.41) is 6.03. The maximum atomic E-state index is 10.4. The Morgan fingerprint density at radius 1 is 1.82 bits per heavy atom. The molecule has 0 aromatic carbocycles. The lowest BCUT2D eigenvalue weighted by molar-refractivity contribution is -0.117. The second kappa shape index (κ2) is 3.85. The Kier molecular flexibility index (Phi) is 2.77. The fraction of sp³-hybridized carbons (Fsp3) is 0.571. The monoisotopic (exact) mass is 155 g/mol. The first-order chi connectivity index (χ1) is 5.29. The summed E-state index contributed by atoms with van der Waals surface area (Å²) in [4.78, 5) is 10.4. The number of hydrogen-bond acceptors (Lipinski definition) is 3. The highest BCUT2D eigenvalue weighted by Crippen LogP contribution is 2.03. The number of nitrogens with two attached hydrogens (primary N) is 1. The summed E-state index contributed by atoms with van der Waals surface area (Å²) in [6.45, 7) is 1.25. The first-order valence-electron chi connectivity index (χ1n) is 3.73. The van der Waals surface area contributed by atoms with Crippen molar-refractivity contribution in [3.05, 3.63) is 11.9 Å². The lowest BCUT2D eigenvalue weighted by atomic mass is 10.2. The molecule has 1 rings (SSSR count). The van der Waals surface area contributed by atoms with Crippen molar-refractivity contribution in [3.63, 3.8) is 0 Å². The van der Waals surface area contributed by atoms with Gasteiger partial charge in [-0.25, -0.2) is 0 Å². The van der Waals surface area contributed by atoms with Crippen LogP contribution in [0.5, 0.6) is 0 Å². The van der Waals surface area contributed by atoms with Gasteiger partial charge < -0.3 is 16.4 Å². The molecular formula is C7H13N3O. The molecule has 4 nitrogen and oxygen atoms in total. The van der Waals surface area contributed by atoms with Crippen LogP contribution in [0.15, 0.2) is 11.9 Å². The molecule has 0 unspecified atom stereocenters. The van der Waals surface area contributed by atoms with Gasteiger partial charge in [0.2, 0.25) is 5.91 Å². The summed E-state index contributed by atoms with van der Waals surface area (Å²) < 4.78 is 0. The molecule has 0 radical (unpaired) electrons. The van der Waals surface area contributed by atoms with E-state index in [0.717, 1.165) is 25.1 Å². The zero-order valence-corrected chi connectivity index (χ0v) is 6.39. The third kappa shape index (κ3) is 2.93. The molecule has 1 aliphatic heterocycles. The van der Waals surface area contributed by atoms with Crippen molar-refractivity contribution in [2.75, 3.05) is 13.1 Å². The summed E-state index contributed by atoms with van der Waals surface area (Å²) in [7, 11) is 0.